The first-order chi connectivity index (χ1) is 10.1. The Morgan fingerprint density at radius 1 is 1.24 bits per heavy atom. The van der Waals surface area contributed by atoms with E-state index in [4.69, 9.17) is 17.0 Å². The number of rotatable bonds is 5. The summed E-state index contributed by atoms with van der Waals surface area (Å²) in [6.07, 6.45) is 1.80. The number of aromatic nitrogens is 1. The third-order valence-electron chi connectivity index (χ3n) is 2.77. The first kappa shape index (κ1) is 15.3. The van der Waals surface area contributed by atoms with Crippen LogP contribution in [-0.4, -0.2) is 22.7 Å². The van der Waals surface area contributed by atoms with Crippen LogP contribution in [0.15, 0.2) is 48.7 Å². The molecule has 0 spiro atoms. The molecule has 1 atom stereocenters. The summed E-state index contributed by atoms with van der Waals surface area (Å²) in [5, 5.41) is 6.76. The van der Waals surface area contributed by atoms with Crippen molar-refractivity contribution in [1.29, 1.82) is 0 Å². The summed E-state index contributed by atoms with van der Waals surface area (Å²) in [7, 11) is 0. The van der Waals surface area contributed by atoms with Crippen molar-refractivity contribution in [3.63, 3.8) is 0 Å². The van der Waals surface area contributed by atoms with Crippen molar-refractivity contribution >= 4 is 23.1 Å². The lowest BCUT2D eigenvalue weighted by Crippen LogP contribution is -2.39. The quantitative estimate of drug-likeness (QED) is 0.831. The van der Waals surface area contributed by atoms with E-state index in [9.17, 15) is 0 Å². The molecule has 1 heterocycles. The first-order valence-corrected chi connectivity index (χ1v) is 7.22. The number of anilines is 1. The van der Waals surface area contributed by atoms with Crippen LogP contribution in [0.1, 0.15) is 12.5 Å². The summed E-state index contributed by atoms with van der Waals surface area (Å²) < 4.78 is 5.67. The lowest BCUT2D eigenvalue weighted by Gasteiger charge is -2.17. The highest BCUT2D eigenvalue weighted by atomic mass is 32.1. The zero-order valence-electron chi connectivity index (χ0n) is 12.2. The second kappa shape index (κ2) is 7.59. The average Bonchev–Trinajstić information content (AvgIpc) is 2.48. The molecule has 0 radical (unpaired) electrons. The Balaban J connectivity index is 1.75. The van der Waals surface area contributed by atoms with Crippen molar-refractivity contribution in [1.82, 2.24) is 10.3 Å². The Hall–Kier alpha value is -2.14. The summed E-state index contributed by atoms with van der Waals surface area (Å²) >= 11 is 5.26. The Morgan fingerprint density at radius 3 is 2.67 bits per heavy atom. The second-order valence-corrected chi connectivity index (χ2v) is 5.25. The van der Waals surface area contributed by atoms with Gasteiger partial charge in [-0.15, -0.1) is 0 Å². The highest BCUT2D eigenvalue weighted by molar-refractivity contribution is 7.80. The van der Waals surface area contributed by atoms with E-state index in [0.29, 0.717) is 11.7 Å². The fourth-order valence-electron chi connectivity index (χ4n) is 1.70. The average molecular weight is 301 g/mol. The highest BCUT2D eigenvalue weighted by Gasteiger charge is 2.06. The van der Waals surface area contributed by atoms with Gasteiger partial charge in [-0.05, 0) is 49.8 Å². The smallest absolute Gasteiger partial charge is 0.172 e. The van der Waals surface area contributed by atoms with Gasteiger partial charge in [-0.3, -0.25) is 0 Å². The largest absolute Gasteiger partial charge is 0.491 e. The summed E-state index contributed by atoms with van der Waals surface area (Å²) in [4.78, 5) is 4.25. The van der Waals surface area contributed by atoms with Crippen molar-refractivity contribution in [2.24, 2.45) is 0 Å². The first-order valence-electron chi connectivity index (χ1n) is 6.81. The molecule has 21 heavy (non-hydrogen) atoms. The monoisotopic (exact) mass is 301 g/mol. The van der Waals surface area contributed by atoms with E-state index in [1.807, 2.05) is 56.3 Å². The molecule has 0 fully saturated rings. The van der Waals surface area contributed by atoms with E-state index in [0.717, 1.165) is 17.1 Å². The maximum absolute atomic E-state index is 5.67. The van der Waals surface area contributed by atoms with Crippen molar-refractivity contribution in [2.75, 3.05) is 11.9 Å². The Morgan fingerprint density at radius 2 is 2.00 bits per heavy atom. The van der Waals surface area contributed by atoms with E-state index in [2.05, 4.69) is 15.6 Å². The molecule has 110 valence electrons. The van der Waals surface area contributed by atoms with Gasteiger partial charge in [0.15, 0.2) is 5.11 Å². The zero-order chi connectivity index (χ0) is 15.1. The molecule has 0 amide bonds. The van der Waals surface area contributed by atoms with Gasteiger partial charge < -0.3 is 15.4 Å². The Bertz CT molecular complexity index is 572. The Labute approximate surface area is 130 Å². The number of ether oxygens (including phenoxy) is 1. The standard InChI is InChI=1S/C16H19N3OS/c1-12-8-9-15(17-10-12)19-16(21)18-13(2)11-20-14-6-4-3-5-7-14/h3-10,13H,11H2,1-2H3,(H2,17,18,19,21)/t13-/m1/s1. The molecule has 1 aromatic heterocycles. The predicted molar refractivity (Wildman–Crippen MR) is 89.7 cm³/mol. The highest BCUT2D eigenvalue weighted by Crippen LogP contribution is 2.08. The lowest BCUT2D eigenvalue weighted by atomic mass is 10.3. The predicted octanol–water partition coefficient (Wildman–Crippen LogP) is 3.14. The van der Waals surface area contributed by atoms with Gasteiger partial charge in [0.25, 0.3) is 0 Å². The van der Waals surface area contributed by atoms with E-state index < -0.39 is 0 Å². The summed E-state index contributed by atoms with van der Waals surface area (Å²) in [5.74, 6) is 1.58. The molecule has 0 bridgehead atoms. The summed E-state index contributed by atoms with van der Waals surface area (Å²) in [5.41, 5.74) is 1.11. The van der Waals surface area contributed by atoms with Crippen LogP contribution in [0.4, 0.5) is 5.82 Å². The minimum Gasteiger partial charge on any atom is -0.491 e. The number of hydrogen-bond acceptors (Lipinski definition) is 3. The molecule has 0 saturated carbocycles. The number of nitrogens with zero attached hydrogens (tertiary/aromatic N) is 1. The molecule has 0 saturated heterocycles. The normalized spacial score (nSPS) is 11.5. The minimum absolute atomic E-state index is 0.0932. The molecule has 2 rings (SSSR count). The molecule has 5 heteroatoms. The number of hydrogen-bond donors (Lipinski definition) is 2. The number of nitrogens with one attached hydrogen (secondary N) is 2. The van der Waals surface area contributed by atoms with Crippen LogP contribution in [0, 0.1) is 6.92 Å². The van der Waals surface area contributed by atoms with E-state index >= 15 is 0 Å². The molecular formula is C16H19N3OS. The molecule has 2 N–H and O–H groups in total. The number of thiocarbonyl (C=S) groups is 1. The van der Waals surface area contributed by atoms with Gasteiger partial charge in [0.05, 0.1) is 6.04 Å². The lowest BCUT2D eigenvalue weighted by molar-refractivity contribution is 0.287. The number of aryl methyl sites for hydroxylation is 1. The minimum atomic E-state index is 0.0932. The van der Waals surface area contributed by atoms with Crippen molar-refractivity contribution in [2.45, 2.75) is 19.9 Å². The molecule has 1 aromatic carbocycles. The second-order valence-electron chi connectivity index (χ2n) is 4.84. The van der Waals surface area contributed by atoms with E-state index in [1.165, 1.54) is 0 Å². The zero-order valence-corrected chi connectivity index (χ0v) is 13.0. The number of benzene rings is 1. The molecule has 0 unspecified atom stereocenters. The van der Waals surface area contributed by atoms with Crippen LogP contribution in [0.2, 0.25) is 0 Å². The van der Waals surface area contributed by atoms with Gasteiger partial charge in [0.1, 0.15) is 18.2 Å². The SMILES string of the molecule is Cc1ccc(NC(=S)N[C@H](C)COc2ccccc2)nc1. The van der Waals surface area contributed by atoms with Crippen molar-refractivity contribution in [3.8, 4) is 5.75 Å². The van der Waals surface area contributed by atoms with Crippen molar-refractivity contribution in [3.05, 3.63) is 54.2 Å². The number of para-hydroxylation sites is 1. The van der Waals surface area contributed by atoms with E-state index in [1.54, 1.807) is 6.20 Å². The third kappa shape index (κ3) is 5.39. The maximum Gasteiger partial charge on any atom is 0.172 e. The van der Waals surface area contributed by atoms with Crippen LogP contribution in [0.25, 0.3) is 0 Å². The molecule has 0 aliphatic rings. The summed E-state index contributed by atoms with van der Waals surface area (Å²) in [6, 6.07) is 13.7. The molecule has 4 nitrogen and oxygen atoms in total. The molecule has 0 aliphatic carbocycles. The fourth-order valence-corrected chi connectivity index (χ4v) is 2.00. The van der Waals surface area contributed by atoms with Crippen molar-refractivity contribution < 1.29 is 4.74 Å². The van der Waals surface area contributed by atoms with Gasteiger partial charge in [0.2, 0.25) is 0 Å². The van der Waals surface area contributed by atoms with Gasteiger partial charge in [-0.25, -0.2) is 4.98 Å². The van der Waals surface area contributed by atoms with Gasteiger partial charge in [0, 0.05) is 6.20 Å². The fraction of sp³-hybridized carbons (Fsp3) is 0.250. The van der Waals surface area contributed by atoms with Crippen LogP contribution in [-0.2, 0) is 0 Å². The summed E-state index contributed by atoms with van der Waals surface area (Å²) in [6.45, 7) is 4.54. The molecule has 0 aliphatic heterocycles. The van der Waals surface area contributed by atoms with Gasteiger partial charge >= 0.3 is 0 Å². The van der Waals surface area contributed by atoms with Crippen LogP contribution < -0.4 is 15.4 Å². The van der Waals surface area contributed by atoms with E-state index in [-0.39, 0.29) is 6.04 Å². The molecular weight excluding hydrogens is 282 g/mol. The van der Waals surface area contributed by atoms with Crippen LogP contribution in [0.5, 0.6) is 5.75 Å². The molecule has 2 aromatic rings. The third-order valence-corrected chi connectivity index (χ3v) is 2.99. The topological polar surface area (TPSA) is 46.2 Å². The number of pyridine rings is 1. The van der Waals surface area contributed by atoms with Crippen LogP contribution in [0.3, 0.4) is 0 Å². The Kier molecular flexibility index (Phi) is 5.51. The maximum atomic E-state index is 5.67. The van der Waals surface area contributed by atoms with Gasteiger partial charge in [-0.1, -0.05) is 24.3 Å². The van der Waals surface area contributed by atoms with Crippen LogP contribution >= 0.6 is 12.2 Å². The van der Waals surface area contributed by atoms with Gasteiger partial charge in [-0.2, -0.15) is 0 Å².